The summed E-state index contributed by atoms with van der Waals surface area (Å²) in [4.78, 5) is 0. The van der Waals surface area contributed by atoms with E-state index in [1.165, 1.54) is 5.56 Å². The zero-order valence-electron chi connectivity index (χ0n) is 10.9. The van der Waals surface area contributed by atoms with Crippen molar-refractivity contribution in [2.24, 2.45) is 11.3 Å². The molecule has 0 heterocycles. The summed E-state index contributed by atoms with van der Waals surface area (Å²) in [6.45, 7) is 7.56. The van der Waals surface area contributed by atoms with Gasteiger partial charge in [-0.3, -0.25) is 0 Å². The van der Waals surface area contributed by atoms with Gasteiger partial charge in [-0.1, -0.05) is 44.2 Å². The SMILES string of the molecule is CC(C#N)C(C)(C)CCOCc1ccccc1. The topological polar surface area (TPSA) is 33.0 Å². The summed E-state index contributed by atoms with van der Waals surface area (Å²) in [7, 11) is 0. The maximum absolute atomic E-state index is 8.91. The first-order valence-corrected chi connectivity index (χ1v) is 6.07. The number of benzene rings is 1. The molecule has 0 saturated heterocycles. The van der Waals surface area contributed by atoms with E-state index in [0.29, 0.717) is 13.2 Å². The van der Waals surface area contributed by atoms with Crippen LogP contribution in [-0.4, -0.2) is 6.61 Å². The summed E-state index contributed by atoms with van der Waals surface area (Å²) in [5, 5.41) is 8.91. The predicted octanol–water partition coefficient (Wildman–Crippen LogP) is 3.78. The second-order valence-electron chi connectivity index (χ2n) is 5.13. The van der Waals surface area contributed by atoms with Gasteiger partial charge in [0.05, 0.1) is 12.7 Å². The lowest BCUT2D eigenvalue weighted by Crippen LogP contribution is -2.22. The van der Waals surface area contributed by atoms with Gasteiger partial charge in [-0.25, -0.2) is 0 Å². The van der Waals surface area contributed by atoms with Gasteiger partial charge in [-0.05, 0) is 24.3 Å². The fourth-order valence-electron chi connectivity index (χ4n) is 1.49. The van der Waals surface area contributed by atoms with E-state index in [1.54, 1.807) is 0 Å². The molecule has 1 unspecified atom stereocenters. The Kier molecular flexibility index (Phi) is 5.18. The summed E-state index contributed by atoms with van der Waals surface area (Å²) < 4.78 is 5.64. The zero-order valence-corrected chi connectivity index (χ0v) is 10.9. The second-order valence-corrected chi connectivity index (χ2v) is 5.13. The van der Waals surface area contributed by atoms with Crippen LogP contribution >= 0.6 is 0 Å². The molecule has 1 aromatic rings. The van der Waals surface area contributed by atoms with Crippen LogP contribution in [0.1, 0.15) is 32.8 Å². The van der Waals surface area contributed by atoms with Crippen molar-refractivity contribution in [3.8, 4) is 6.07 Å². The van der Waals surface area contributed by atoms with Crippen LogP contribution in [0.25, 0.3) is 0 Å². The van der Waals surface area contributed by atoms with Crippen molar-refractivity contribution < 1.29 is 4.74 Å². The standard InChI is InChI=1S/C15H21NO/c1-13(11-16)15(2,3)9-10-17-12-14-7-5-4-6-8-14/h4-8,13H,9-10,12H2,1-3H3. The van der Waals surface area contributed by atoms with Crippen molar-refractivity contribution in [2.45, 2.75) is 33.8 Å². The van der Waals surface area contributed by atoms with Crippen LogP contribution in [0.5, 0.6) is 0 Å². The Labute approximate surface area is 104 Å². The van der Waals surface area contributed by atoms with E-state index in [1.807, 2.05) is 25.1 Å². The fraction of sp³-hybridized carbons (Fsp3) is 0.533. The molecule has 0 N–H and O–H groups in total. The van der Waals surface area contributed by atoms with Gasteiger partial charge in [-0.15, -0.1) is 0 Å². The number of hydrogen-bond acceptors (Lipinski definition) is 2. The highest BCUT2D eigenvalue weighted by molar-refractivity contribution is 5.13. The first-order chi connectivity index (χ1) is 8.06. The number of rotatable bonds is 6. The second kappa shape index (κ2) is 6.42. The van der Waals surface area contributed by atoms with Crippen LogP contribution in [0.3, 0.4) is 0 Å². The molecule has 2 nitrogen and oxygen atoms in total. The van der Waals surface area contributed by atoms with E-state index in [4.69, 9.17) is 10.00 Å². The number of hydrogen-bond donors (Lipinski definition) is 0. The third kappa shape index (κ3) is 4.58. The van der Waals surface area contributed by atoms with Gasteiger partial charge in [0, 0.05) is 12.5 Å². The van der Waals surface area contributed by atoms with E-state index >= 15 is 0 Å². The van der Waals surface area contributed by atoms with E-state index in [9.17, 15) is 0 Å². The molecule has 0 aliphatic rings. The quantitative estimate of drug-likeness (QED) is 0.698. The van der Waals surface area contributed by atoms with Crippen molar-refractivity contribution >= 4 is 0 Å². The summed E-state index contributed by atoms with van der Waals surface area (Å²) in [6, 6.07) is 12.5. The van der Waals surface area contributed by atoms with Gasteiger partial charge in [0.2, 0.25) is 0 Å². The number of nitriles is 1. The molecule has 0 aliphatic carbocycles. The lowest BCUT2D eigenvalue weighted by molar-refractivity contribution is 0.0830. The normalized spacial score (nSPS) is 13.1. The van der Waals surface area contributed by atoms with Gasteiger partial charge in [0.25, 0.3) is 0 Å². The maximum Gasteiger partial charge on any atom is 0.0716 e. The Hall–Kier alpha value is -1.33. The van der Waals surface area contributed by atoms with Crippen LogP contribution in [-0.2, 0) is 11.3 Å². The van der Waals surface area contributed by atoms with Crippen molar-refractivity contribution in [3.63, 3.8) is 0 Å². The molecule has 1 rings (SSSR count). The molecule has 0 bridgehead atoms. The minimum absolute atomic E-state index is 0.0193. The van der Waals surface area contributed by atoms with E-state index in [0.717, 1.165) is 6.42 Å². The number of nitrogens with zero attached hydrogens (tertiary/aromatic N) is 1. The van der Waals surface area contributed by atoms with E-state index in [2.05, 4.69) is 32.0 Å². The lowest BCUT2D eigenvalue weighted by Gasteiger charge is -2.26. The Morgan fingerprint density at radius 3 is 2.53 bits per heavy atom. The van der Waals surface area contributed by atoms with Crippen molar-refractivity contribution in [1.29, 1.82) is 5.26 Å². The summed E-state index contributed by atoms with van der Waals surface area (Å²) >= 11 is 0. The van der Waals surface area contributed by atoms with Crippen molar-refractivity contribution in [3.05, 3.63) is 35.9 Å². The Balaban J connectivity index is 2.27. The van der Waals surface area contributed by atoms with Gasteiger partial charge in [0.1, 0.15) is 0 Å². The molecule has 0 saturated carbocycles. The van der Waals surface area contributed by atoms with E-state index < -0.39 is 0 Å². The summed E-state index contributed by atoms with van der Waals surface area (Å²) in [5.74, 6) is 0.0582. The average Bonchev–Trinajstić information content (AvgIpc) is 2.35. The third-order valence-corrected chi connectivity index (χ3v) is 3.37. The van der Waals surface area contributed by atoms with Gasteiger partial charge in [0.15, 0.2) is 0 Å². The number of ether oxygens (including phenoxy) is 1. The molecule has 17 heavy (non-hydrogen) atoms. The van der Waals surface area contributed by atoms with Crippen molar-refractivity contribution in [2.75, 3.05) is 6.61 Å². The minimum atomic E-state index is 0.0193. The molecular weight excluding hydrogens is 210 g/mol. The lowest BCUT2D eigenvalue weighted by atomic mass is 9.78. The highest BCUT2D eigenvalue weighted by Crippen LogP contribution is 2.29. The van der Waals surface area contributed by atoms with E-state index in [-0.39, 0.29) is 11.3 Å². The molecule has 0 aromatic heterocycles. The maximum atomic E-state index is 8.91. The monoisotopic (exact) mass is 231 g/mol. The average molecular weight is 231 g/mol. The fourth-order valence-corrected chi connectivity index (χ4v) is 1.49. The molecule has 1 atom stereocenters. The van der Waals surface area contributed by atoms with Gasteiger partial charge in [-0.2, -0.15) is 5.26 Å². The smallest absolute Gasteiger partial charge is 0.0716 e. The molecule has 0 radical (unpaired) electrons. The molecule has 92 valence electrons. The Bertz CT molecular complexity index is 364. The van der Waals surface area contributed by atoms with Crippen LogP contribution in [0.2, 0.25) is 0 Å². The highest BCUT2D eigenvalue weighted by Gasteiger charge is 2.25. The van der Waals surface area contributed by atoms with Crippen LogP contribution in [0.15, 0.2) is 30.3 Å². The highest BCUT2D eigenvalue weighted by atomic mass is 16.5. The molecule has 0 spiro atoms. The molecule has 0 aliphatic heterocycles. The first-order valence-electron chi connectivity index (χ1n) is 6.07. The Morgan fingerprint density at radius 2 is 1.94 bits per heavy atom. The molecule has 1 aromatic carbocycles. The zero-order chi connectivity index (χ0) is 12.7. The molecule has 2 heteroatoms. The van der Waals surface area contributed by atoms with Crippen LogP contribution < -0.4 is 0 Å². The molecule has 0 fully saturated rings. The largest absolute Gasteiger partial charge is 0.377 e. The predicted molar refractivity (Wildman–Crippen MR) is 69.3 cm³/mol. The first kappa shape index (κ1) is 13.7. The van der Waals surface area contributed by atoms with Gasteiger partial charge < -0.3 is 4.74 Å². The molecular formula is C15H21NO. The van der Waals surface area contributed by atoms with Gasteiger partial charge >= 0.3 is 0 Å². The van der Waals surface area contributed by atoms with Crippen LogP contribution in [0, 0.1) is 22.7 Å². The van der Waals surface area contributed by atoms with Crippen LogP contribution in [0.4, 0.5) is 0 Å². The molecule has 0 amide bonds. The summed E-state index contributed by atoms with van der Waals surface area (Å²) in [6.07, 6.45) is 0.911. The summed E-state index contributed by atoms with van der Waals surface area (Å²) in [5.41, 5.74) is 1.21. The minimum Gasteiger partial charge on any atom is -0.377 e. The van der Waals surface area contributed by atoms with Crippen molar-refractivity contribution in [1.82, 2.24) is 0 Å². The third-order valence-electron chi connectivity index (χ3n) is 3.37. The Morgan fingerprint density at radius 1 is 1.29 bits per heavy atom.